The highest BCUT2D eigenvalue weighted by Crippen LogP contribution is 2.33. The van der Waals surface area contributed by atoms with Gasteiger partial charge in [-0.2, -0.15) is 0 Å². The smallest absolute Gasteiger partial charge is 0.340 e. The zero-order valence-corrected chi connectivity index (χ0v) is 22.8. The first-order valence-corrected chi connectivity index (χ1v) is 12.7. The number of rotatable bonds is 7. The van der Waals surface area contributed by atoms with Crippen LogP contribution in [0, 0.1) is 24.6 Å². The molecule has 0 fully saturated rings. The zero-order chi connectivity index (χ0) is 21.9. The van der Waals surface area contributed by atoms with E-state index in [0.717, 1.165) is 7.14 Å². The Morgan fingerprint density at radius 2 is 1.62 bits per heavy atom. The third-order valence-electron chi connectivity index (χ3n) is 3.81. The molecule has 0 spiro atoms. The van der Waals surface area contributed by atoms with Crippen molar-refractivity contribution in [1.29, 1.82) is 0 Å². The molecular weight excluding hydrogens is 741 g/mol. The number of methoxy groups -OCH3 is 1. The van der Waals surface area contributed by atoms with Crippen molar-refractivity contribution in [2.75, 3.05) is 20.3 Å². The second kappa shape index (κ2) is 10.3. The highest BCUT2D eigenvalue weighted by Gasteiger charge is 2.21. The molecule has 2 aromatic carbocycles. The van der Waals surface area contributed by atoms with Gasteiger partial charge >= 0.3 is 5.97 Å². The van der Waals surface area contributed by atoms with Gasteiger partial charge in [0.05, 0.1) is 24.7 Å². The van der Waals surface area contributed by atoms with E-state index < -0.39 is 16.1 Å². The summed E-state index contributed by atoms with van der Waals surface area (Å²) in [5.74, 6) is 0.523. The lowest BCUT2D eigenvalue weighted by Crippen LogP contribution is -2.15. The van der Waals surface area contributed by atoms with Crippen LogP contribution >= 0.6 is 67.8 Å². The Labute approximate surface area is 210 Å². The number of benzene rings is 2. The quantitative estimate of drug-likeness (QED) is 0.180. The number of aryl methyl sites for hydroxylation is 2. The van der Waals surface area contributed by atoms with E-state index in [-0.39, 0.29) is 18.1 Å². The monoisotopic (exact) mass is 757 g/mol. The molecule has 0 aromatic heterocycles. The van der Waals surface area contributed by atoms with Gasteiger partial charge in [0.15, 0.2) is 0 Å². The Morgan fingerprint density at radius 1 is 1.03 bits per heavy atom. The van der Waals surface area contributed by atoms with Crippen LogP contribution in [0.3, 0.4) is 0 Å². The van der Waals surface area contributed by atoms with Crippen LogP contribution in [0.2, 0.25) is 0 Å². The molecule has 0 aliphatic carbocycles. The van der Waals surface area contributed by atoms with Crippen LogP contribution in [0.15, 0.2) is 23.1 Å². The van der Waals surface area contributed by atoms with E-state index in [4.69, 9.17) is 14.2 Å². The number of hydrogen-bond donors (Lipinski definition) is 0. The SMILES string of the molecule is COc1c(I)cc(I)c(C(=O)OCCOc2cc(C)c(S(=O)(=O)[O-])c(C)c2)c1I. The molecule has 0 unspecified atom stereocenters. The topological polar surface area (TPSA) is 102 Å². The summed E-state index contributed by atoms with van der Waals surface area (Å²) in [4.78, 5) is 12.3. The minimum Gasteiger partial charge on any atom is -0.744 e. The van der Waals surface area contributed by atoms with Gasteiger partial charge in [0.1, 0.15) is 34.8 Å². The molecule has 0 radical (unpaired) electrons. The average molecular weight is 757 g/mol. The van der Waals surface area contributed by atoms with Crippen LogP contribution in [0.5, 0.6) is 11.5 Å². The van der Waals surface area contributed by atoms with Crippen molar-refractivity contribution in [1.82, 2.24) is 0 Å². The van der Waals surface area contributed by atoms with Gasteiger partial charge in [-0.05, 0) is 111 Å². The second-order valence-electron chi connectivity index (χ2n) is 5.89. The highest BCUT2D eigenvalue weighted by molar-refractivity contribution is 14.1. The molecule has 0 saturated heterocycles. The molecule has 7 nitrogen and oxygen atoms in total. The van der Waals surface area contributed by atoms with Crippen LogP contribution in [0.4, 0.5) is 0 Å². The van der Waals surface area contributed by atoms with Gasteiger partial charge in [-0.15, -0.1) is 0 Å². The maximum Gasteiger partial charge on any atom is 0.340 e. The number of carbonyl (C=O) groups excluding carboxylic acids is 1. The summed E-state index contributed by atoms with van der Waals surface area (Å²) in [6.07, 6.45) is 0. The molecule has 2 aromatic rings. The molecule has 0 N–H and O–H groups in total. The largest absolute Gasteiger partial charge is 0.744 e. The number of ether oxygens (including phenoxy) is 3. The van der Waals surface area contributed by atoms with Gasteiger partial charge in [0.25, 0.3) is 0 Å². The van der Waals surface area contributed by atoms with Crippen molar-refractivity contribution in [2.24, 2.45) is 0 Å². The fourth-order valence-electron chi connectivity index (χ4n) is 2.70. The molecule has 0 amide bonds. The fourth-order valence-corrected chi connectivity index (χ4v) is 7.86. The first-order valence-electron chi connectivity index (χ1n) is 8.06. The van der Waals surface area contributed by atoms with Gasteiger partial charge in [-0.3, -0.25) is 0 Å². The van der Waals surface area contributed by atoms with Crippen LogP contribution in [-0.4, -0.2) is 39.3 Å². The standard InChI is InChI=1S/C18H17I3O7S/c1-9-6-11(7-10(2)17(9)29(23,24)25)27-4-5-28-18(22)14-12(19)8-13(20)16(26-3)15(14)21/h6-8H,4-5H2,1-3H3,(H,23,24,25)/p-1. The van der Waals surface area contributed by atoms with Crippen LogP contribution in [0.25, 0.3) is 0 Å². The van der Waals surface area contributed by atoms with E-state index in [0.29, 0.717) is 31.8 Å². The second-order valence-corrected chi connectivity index (χ2v) is 10.6. The lowest BCUT2D eigenvalue weighted by Gasteiger charge is -2.16. The lowest BCUT2D eigenvalue weighted by molar-refractivity contribution is 0.0447. The van der Waals surface area contributed by atoms with Crippen molar-refractivity contribution in [3.05, 3.63) is 45.6 Å². The summed E-state index contributed by atoms with van der Waals surface area (Å²) in [5.41, 5.74) is 1.05. The van der Waals surface area contributed by atoms with Gasteiger partial charge in [-0.1, -0.05) is 0 Å². The molecular formula is C18H16I3O7S-. The van der Waals surface area contributed by atoms with Crippen LogP contribution in [-0.2, 0) is 14.9 Å². The first kappa shape index (κ1) is 24.9. The number of esters is 1. The lowest BCUT2D eigenvalue weighted by atomic mass is 10.1. The Balaban J connectivity index is 2.04. The molecule has 0 aliphatic heterocycles. The Hall–Kier alpha value is -0.390. The summed E-state index contributed by atoms with van der Waals surface area (Å²) < 4.78 is 52.5. The fraction of sp³-hybridized carbons (Fsp3) is 0.278. The Kier molecular flexibility index (Phi) is 8.82. The molecule has 0 saturated carbocycles. The number of hydrogen-bond acceptors (Lipinski definition) is 7. The average Bonchev–Trinajstić information content (AvgIpc) is 2.56. The van der Waals surface area contributed by atoms with Crippen molar-refractivity contribution in [2.45, 2.75) is 18.7 Å². The summed E-state index contributed by atoms with van der Waals surface area (Å²) >= 11 is 6.27. The van der Waals surface area contributed by atoms with Crippen molar-refractivity contribution >= 4 is 83.9 Å². The Morgan fingerprint density at radius 3 is 2.14 bits per heavy atom. The molecule has 0 heterocycles. The van der Waals surface area contributed by atoms with E-state index in [1.807, 2.05) is 6.07 Å². The van der Waals surface area contributed by atoms with E-state index in [9.17, 15) is 17.8 Å². The molecule has 0 bridgehead atoms. The number of halogens is 3. The van der Waals surface area contributed by atoms with E-state index in [1.165, 1.54) is 26.0 Å². The highest BCUT2D eigenvalue weighted by atomic mass is 127. The summed E-state index contributed by atoms with van der Waals surface area (Å²) in [6.45, 7) is 3.12. The van der Waals surface area contributed by atoms with Crippen molar-refractivity contribution in [3.8, 4) is 11.5 Å². The van der Waals surface area contributed by atoms with Crippen LogP contribution < -0.4 is 9.47 Å². The van der Waals surface area contributed by atoms with Gasteiger partial charge < -0.3 is 18.8 Å². The molecule has 0 aliphatic rings. The molecule has 2 rings (SSSR count). The predicted octanol–water partition coefficient (Wildman–Crippen LogP) is 4.27. The molecule has 158 valence electrons. The van der Waals surface area contributed by atoms with E-state index >= 15 is 0 Å². The van der Waals surface area contributed by atoms with Gasteiger partial charge in [-0.25, -0.2) is 13.2 Å². The van der Waals surface area contributed by atoms with Gasteiger partial charge in [0.2, 0.25) is 0 Å². The van der Waals surface area contributed by atoms with E-state index in [2.05, 4.69) is 67.8 Å². The minimum absolute atomic E-state index is 0.000996. The zero-order valence-electron chi connectivity index (χ0n) is 15.5. The summed E-state index contributed by atoms with van der Waals surface area (Å²) in [5, 5.41) is 0. The third-order valence-corrected chi connectivity index (χ3v) is 7.63. The normalized spacial score (nSPS) is 11.3. The first-order chi connectivity index (χ1) is 13.5. The maximum atomic E-state index is 12.5. The van der Waals surface area contributed by atoms with Crippen molar-refractivity contribution < 1.29 is 32.0 Å². The summed E-state index contributed by atoms with van der Waals surface area (Å²) in [7, 11) is -3.01. The Bertz CT molecular complexity index is 1030. The molecule has 11 heteroatoms. The molecule has 0 atom stereocenters. The predicted molar refractivity (Wildman–Crippen MR) is 131 cm³/mol. The number of carbonyl (C=O) groups is 1. The molecule has 29 heavy (non-hydrogen) atoms. The van der Waals surface area contributed by atoms with Gasteiger partial charge in [0, 0.05) is 3.57 Å². The van der Waals surface area contributed by atoms with Crippen LogP contribution in [0.1, 0.15) is 21.5 Å². The third kappa shape index (κ3) is 6.07. The summed E-state index contributed by atoms with van der Waals surface area (Å²) in [6, 6.07) is 4.78. The van der Waals surface area contributed by atoms with E-state index in [1.54, 1.807) is 7.11 Å². The van der Waals surface area contributed by atoms with Crippen molar-refractivity contribution in [3.63, 3.8) is 0 Å². The minimum atomic E-state index is -4.55. The maximum absolute atomic E-state index is 12.5.